The lowest BCUT2D eigenvalue weighted by Gasteiger charge is -2.21. The van der Waals surface area contributed by atoms with E-state index in [1.54, 1.807) is 19.2 Å². The minimum absolute atomic E-state index is 0.149. The zero-order chi connectivity index (χ0) is 14.6. The van der Waals surface area contributed by atoms with Gasteiger partial charge in [0.05, 0.1) is 4.90 Å². The van der Waals surface area contributed by atoms with E-state index in [1.165, 1.54) is 0 Å². The SMILES string of the molecule is COCC(C)CNS(=O)(=O)c1cccc2c1CCNC2. The maximum atomic E-state index is 12.4. The molecule has 1 aromatic rings. The lowest BCUT2D eigenvalue weighted by atomic mass is 10.0. The third kappa shape index (κ3) is 3.58. The number of benzene rings is 1. The summed E-state index contributed by atoms with van der Waals surface area (Å²) in [7, 11) is -1.83. The molecule has 6 heteroatoms. The predicted octanol–water partition coefficient (Wildman–Crippen LogP) is 0.893. The Labute approximate surface area is 120 Å². The first-order chi connectivity index (χ1) is 9.54. The van der Waals surface area contributed by atoms with E-state index in [9.17, 15) is 8.42 Å². The lowest BCUT2D eigenvalue weighted by Crippen LogP contribution is -2.32. The molecule has 1 aliphatic rings. The van der Waals surface area contributed by atoms with E-state index in [4.69, 9.17) is 4.74 Å². The standard InChI is InChI=1S/C14H22N2O3S/c1-11(10-19-2)8-16-20(17,18)14-5-3-4-12-9-15-7-6-13(12)14/h3-5,11,15-16H,6-10H2,1-2H3. The number of methoxy groups -OCH3 is 1. The summed E-state index contributed by atoms with van der Waals surface area (Å²) in [5.41, 5.74) is 2.02. The molecule has 20 heavy (non-hydrogen) atoms. The van der Waals surface area contributed by atoms with Crippen molar-refractivity contribution in [1.29, 1.82) is 0 Å². The molecule has 0 amide bonds. The highest BCUT2D eigenvalue weighted by molar-refractivity contribution is 7.89. The fourth-order valence-electron chi connectivity index (χ4n) is 2.42. The summed E-state index contributed by atoms with van der Waals surface area (Å²) in [4.78, 5) is 0.418. The Balaban J connectivity index is 2.17. The van der Waals surface area contributed by atoms with Crippen LogP contribution in [0, 0.1) is 5.92 Å². The summed E-state index contributed by atoms with van der Waals surface area (Å²) in [5, 5.41) is 3.25. The topological polar surface area (TPSA) is 67.4 Å². The van der Waals surface area contributed by atoms with Gasteiger partial charge in [-0.05, 0) is 36.1 Å². The van der Waals surface area contributed by atoms with Crippen molar-refractivity contribution in [3.05, 3.63) is 29.3 Å². The van der Waals surface area contributed by atoms with E-state index < -0.39 is 10.0 Å². The van der Waals surface area contributed by atoms with Crippen LogP contribution in [-0.4, -0.2) is 35.2 Å². The quantitative estimate of drug-likeness (QED) is 0.818. The van der Waals surface area contributed by atoms with Gasteiger partial charge in [0, 0.05) is 26.8 Å². The molecule has 1 aromatic carbocycles. The Hall–Kier alpha value is -0.950. The summed E-state index contributed by atoms with van der Waals surface area (Å²) in [6.45, 7) is 4.44. The lowest BCUT2D eigenvalue weighted by molar-refractivity contribution is 0.161. The summed E-state index contributed by atoms with van der Waals surface area (Å²) < 4.78 is 32.6. The third-order valence-corrected chi connectivity index (χ3v) is 4.97. The first-order valence-corrected chi connectivity index (χ1v) is 8.33. The number of sulfonamides is 1. The molecule has 2 rings (SSSR count). The van der Waals surface area contributed by atoms with Crippen LogP contribution in [0.3, 0.4) is 0 Å². The van der Waals surface area contributed by atoms with Gasteiger partial charge >= 0.3 is 0 Å². The molecular weight excluding hydrogens is 276 g/mol. The molecule has 1 unspecified atom stereocenters. The van der Waals surface area contributed by atoms with Gasteiger partial charge < -0.3 is 10.1 Å². The second-order valence-corrected chi connectivity index (χ2v) is 6.97. The zero-order valence-electron chi connectivity index (χ0n) is 12.0. The first kappa shape index (κ1) is 15.4. The number of ether oxygens (including phenoxy) is 1. The molecule has 1 atom stereocenters. The van der Waals surface area contributed by atoms with Crippen LogP contribution >= 0.6 is 0 Å². The largest absolute Gasteiger partial charge is 0.384 e. The van der Waals surface area contributed by atoms with Crippen molar-refractivity contribution in [2.45, 2.75) is 24.8 Å². The second-order valence-electron chi connectivity index (χ2n) is 5.23. The molecular formula is C14H22N2O3S. The highest BCUT2D eigenvalue weighted by Crippen LogP contribution is 2.22. The van der Waals surface area contributed by atoms with Crippen LogP contribution in [0.5, 0.6) is 0 Å². The van der Waals surface area contributed by atoms with Gasteiger partial charge in [-0.1, -0.05) is 19.1 Å². The summed E-state index contributed by atoms with van der Waals surface area (Å²) >= 11 is 0. The van der Waals surface area contributed by atoms with Crippen molar-refractivity contribution in [1.82, 2.24) is 10.0 Å². The minimum atomic E-state index is -3.45. The smallest absolute Gasteiger partial charge is 0.240 e. The normalized spacial score (nSPS) is 16.7. The first-order valence-electron chi connectivity index (χ1n) is 6.84. The molecule has 1 aliphatic heterocycles. The van der Waals surface area contributed by atoms with Crippen LogP contribution in [0.2, 0.25) is 0 Å². The van der Waals surface area contributed by atoms with Crippen molar-refractivity contribution in [2.24, 2.45) is 5.92 Å². The summed E-state index contributed by atoms with van der Waals surface area (Å²) in [5.74, 6) is 0.149. The fourth-order valence-corrected chi connectivity index (χ4v) is 3.90. The number of rotatable bonds is 6. The van der Waals surface area contributed by atoms with Crippen LogP contribution in [-0.2, 0) is 27.7 Å². The maximum Gasteiger partial charge on any atom is 0.240 e. The Kier molecular flexibility index (Phi) is 5.15. The van der Waals surface area contributed by atoms with Crippen LogP contribution in [0.1, 0.15) is 18.1 Å². The maximum absolute atomic E-state index is 12.4. The molecule has 5 nitrogen and oxygen atoms in total. The molecule has 2 N–H and O–H groups in total. The van der Waals surface area contributed by atoms with Gasteiger partial charge in [-0.2, -0.15) is 0 Å². The molecule has 1 heterocycles. The number of fused-ring (bicyclic) bond motifs is 1. The molecule has 0 aliphatic carbocycles. The van der Waals surface area contributed by atoms with Gasteiger partial charge in [-0.3, -0.25) is 0 Å². The number of hydrogen-bond donors (Lipinski definition) is 2. The predicted molar refractivity (Wildman–Crippen MR) is 78.1 cm³/mol. The Morgan fingerprint density at radius 1 is 1.45 bits per heavy atom. The van der Waals surface area contributed by atoms with Gasteiger partial charge in [0.1, 0.15) is 0 Å². The van der Waals surface area contributed by atoms with E-state index in [2.05, 4.69) is 10.0 Å². The van der Waals surface area contributed by atoms with Crippen molar-refractivity contribution in [3.63, 3.8) is 0 Å². The molecule has 0 saturated carbocycles. The molecule has 0 bridgehead atoms. The van der Waals surface area contributed by atoms with Gasteiger partial charge in [0.2, 0.25) is 10.0 Å². The van der Waals surface area contributed by atoms with Gasteiger partial charge in [0.15, 0.2) is 0 Å². The molecule has 0 aromatic heterocycles. The molecule has 0 fully saturated rings. The zero-order valence-corrected chi connectivity index (χ0v) is 12.8. The van der Waals surface area contributed by atoms with Crippen LogP contribution in [0.15, 0.2) is 23.1 Å². The van der Waals surface area contributed by atoms with Crippen LogP contribution < -0.4 is 10.0 Å². The van der Waals surface area contributed by atoms with Gasteiger partial charge in [-0.15, -0.1) is 0 Å². The van der Waals surface area contributed by atoms with E-state index in [1.807, 2.05) is 13.0 Å². The third-order valence-electron chi connectivity index (χ3n) is 3.46. The van der Waals surface area contributed by atoms with E-state index in [-0.39, 0.29) is 5.92 Å². The van der Waals surface area contributed by atoms with Crippen molar-refractivity contribution in [2.75, 3.05) is 26.8 Å². The van der Waals surface area contributed by atoms with Gasteiger partial charge in [0.25, 0.3) is 0 Å². The summed E-state index contributed by atoms with van der Waals surface area (Å²) in [6.07, 6.45) is 0.750. The minimum Gasteiger partial charge on any atom is -0.384 e. The fraction of sp³-hybridized carbons (Fsp3) is 0.571. The highest BCUT2D eigenvalue weighted by atomic mass is 32.2. The number of hydrogen-bond acceptors (Lipinski definition) is 4. The molecule has 0 spiro atoms. The van der Waals surface area contributed by atoms with E-state index in [0.717, 1.165) is 30.6 Å². The van der Waals surface area contributed by atoms with Crippen LogP contribution in [0.4, 0.5) is 0 Å². The number of nitrogens with one attached hydrogen (secondary N) is 2. The van der Waals surface area contributed by atoms with Crippen molar-refractivity contribution >= 4 is 10.0 Å². The van der Waals surface area contributed by atoms with Crippen molar-refractivity contribution in [3.8, 4) is 0 Å². The van der Waals surface area contributed by atoms with Gasteiger partial charge in [-0.25, -0.2) is 13.1 Å². The molecule has 112 valence electrons. The monoisotopic (exact) mass is 298 g/mol. The molecule has 0 saturated heterocycles. The highest BCUT2D eigenvalue weighted by Gasteiger charge is 2.22. The van der Waals surface area contributed by atoms with Crippen LogP contribution in [0.25, 0.3) is 0 Å². The summed E-state index contributed by atoms with van der Waals surface area (Å²) in [6, 6.07) is 5.47. The van der Waals surface area contributed by atoms with E-state index >= 15 is 0 Å². The van der Waals surface area contributed by atoms with E-state index in [0.29, 0.717) is 18.0 Å². The second kappa shape index (κ2) is 6.67. The Bertz CT molecular complexity index is 558. The molecule has 0 radical (unpaired) electrons. The van der Waals surface area contributed by atoms with Crippen molar-refractivity contribution < 1.29 is 13.2 Å². The average molecular weight is 298 g/mol. The average Bonchev–Trinajstić information content (AvgIpc) is 2.45. The Morgan fingerprint density at radius 3 is 3.00 bits per heavy atom. The Morgan fingerprint density at radius 2 is 2.25 bits per heavy atom.